The van der Waals surface area contributed by atoms with Crippen LogP contribution in [-0.4, -0.2) is 36.5 Å². The third-order valence-corrected chi connectivity index (χ3v) is 3.58. The average molecular weight is 255 g/mol. The van der Waals surface area contributed by atoms with Gasteiger partial charge in [0.25, 0.3) is 0 Å². The number of ether oxygens (including phenoxy) is 1. The predicted molar refractivity (Wildman–Crippen MR) is 70.1 cm³/mol. The van der Waals surface area contributed by atoms with Gasteiger partial charge in [-0.1, -0.05) is 33.1 Å². The van der Waals surface area contributed by atoms with Crippen molar-refractivity contribution in [1.29, 1.82) is 0 Å². The Morgan fingerprint density at radius 3 is 2.33 bits per heavy atom. The molecule has 104 valence electrons. The Balaban J connectivity index is 2.61. The van der Waals surface area contributed by atoms with Crippen LogP contribution in [0.4, 0.5) is 0 Å². The molecule has 1 aliphatic rings. The first kappa shape index (κ1) is 15.0. The van der Waals surface area contributed by atoms with Crippen LogP contribution in [0.25, 0.3) is 0 Å². The molecule has 0 aromatic heterocycles. The van der Waals surface area contributed by atoms with Gasteiger partial charge in [-0.2, -0.15) is 0 Å². The second-order valence-corrected chi connectivity index (χ2v) is 5.30. The summed E-state index contributed by atoms with van der Waals surface area (Å²) in [6, 6.07) is 0.318. The molecule has 0 saturated heterocycles. The molecule has 18 heavy (non-hydrogen) atoms. The number of hydrogen-bond acceptors (Lipinski definition) is 3. The molecule has 0 N–H and O–H groups in total. The molecule has 4 nitrogen and oxygen atoms in total. The zero-order valence-electron chi connectivity index (χ0n) is 11.8. The third kappa shape index (κ3) is 4.31. The van der Waals surface area contributed by atoms with E-state index in [9.17, 15) is 9.59 Å². The summed E-state index contributed by atoms with van der Waals surface area (Å²) < 4.78 is 4.65. The van der Waals surface area contributed by atoms with Crippen LogP contribution in [-0.2, 0) is 14.3 Å². The Labute approximate surface area is 110 Å². The van der Waals surface area contributed by atoms with E-state index < -0.39 is 0 Å². The van der Waals surface area contributed by atoms with Crippen molar-refractivity contribution in [3.05, 3.63) is 0 Å². The first-order chi connectivity index (χ1) is 8.56. The summed E-state index contributed by atoms with van der Waals surface area (Å²) in [6.45, 7) is 4.32. The van der Waals surface area contributed by atoms with E-state index in [1.807, 2.05) is 18.7 Å². The van der Waals surface area contributed by atoms with Crippen molar-refractivity contribution in [3.8, 4) is 0 Å². The summed E-state index contributed by atoms with van der Waals surface area (Å²) in [5.41, 5.74) is 0. The summed E-state index contributed by atoms with van der Waals surface area (Å²) in [5.74, 6) is -0.0947. The number of hydrogen-bond donors (Lipinski definition) is 0. The Morgan fingerprint density at radius 2 is 1.83 bits per heavy atom. The second kappa shape index (κ2) is 7.39. The lowest BCUT2D eigenvalue weighted by atomic mass is 9.93. The van der Waals surface area contributed by atoms with Gasteiger partial charge in [-0.15, -0.1) is 0 Å². The molecular formula is C14H25NO3. The number of nitrogens with zero attached hydrogens (tertiary/aromatic N) is 1. The van der Waals surface area contributed by atoms with Crippen LogP contribution in [0.3, 0.4) is 0 Å². The quantitative estimate of drug-likeness (QED) is 0.708. The van der Waals surface area contributed by atoms with Gasteiger partial charge in [0.1, 0.15) is 0 Å². The van der Waals surface area contributed by atoms with Gasteiger partial charge in [-0.25, -0.2) is 0 Å². The highest BCUT2D eigenvalue weighted by Crippen LogP contribution is 2.24. The van der Waals surface area contributed by atoms with Gasteiger partial charge in [0.15, 0.2) is 0 Å². The largest absolute Gasteiger partial charge is 0.469 e. The molecule has 0 spiro atoms. The molecule has 0 radical (unpaired) electrons. The Morgan fingerprint density at radius 1 is 1.22 bits per heavy atom. The standard InChI is InChI=1S/C14H25NO3/c1-11(2)14(17)15(10-9-13(16)18-3)12-7-5-4-6-8-12/h11-12H,4-10H2,1-3H3. The van der Waals surface area contributed by atoms with Crippen LogP contribution in [0.5, 0.6) is 0 Å². The van der Waals surface area contributed by atoms with Gasteiger partial charge in [-0.05, 0) is 12.8 Å². The van der Waals surface area contributed by atoms with E-state index in [0.717, 1.165) is 12.8 Å². The molecule has 1 rings (SSSR count). The second-order valence-electron chi connectivity index (χ2n) is 5.30. The van der Waals surface area contributed by atoms with Crippen LogP contribution in [0.15, 0.2) is 0 Å². The van der Waals surface area contributed by atoms with E-state index in [4.69, 9.17) is 0 Å². The molecule has 0 bridgehead atoms. The lowest BCUT2D eigenvalue weighted by Crippen LogP contribution is -2.44. The van der Waals surface area contributed by atoms with Gasteiger partial charge >= 0.3 is 5.97 Å². The summed E-state index contributed by atoms with van der Waals surface area (Å²) in [5, 5.41) is 0. The lowest BCUT2D eigenvalue weighted by Gasteiger charge is -2.35. The van der Waals surface area contributed by atoms with E-state index in [1.54, 1.807) is 0 Å². The highest BCUT2D eigenvalue weighted by atomic mass is 16.5. The molecule has 0 heterocycles. The highest BCUT2D eigenvalue weighted by Gasteiger charge is 2.27. The zero-order valence-corrected chi connectivity index (χ0v) is 11.8. The predicted octanol–water partition coefficient (Wildman–Crippen LogP) is 2.37. The van der Waals surface area contributed by atoms with Gasteiger partial charge < -0.3 is 9.64 Å². The van der Waals surface area contributed by atoms with Crippen molar-refractivity contribution < 1.29 is 14.3 Å². The summed E-state index contributed by atoms with van der Waals surface area (Å²) in [4.78, 5) is 25.4. The molecule has 0 atom stereocenters. The summed E-state index contributed by atoms with van der Waals surface area (Å²) in [7, 11) is 1.39. The SMILES string of the molecule is COC(=O)CCN(C(=O)C(C)C)C1CCCCC1. The van der Waals surface area contributed by atoms with Crippen molar-refractivity contribution >= 4 is 11.9 Å². The van der Waals surface area contributed by atoms with E-state index in [0.29, 0.717) is 19.0 Å². The average Bonchev–Trinajstić information content (AvgIpc) is 2.39. The Kier molecular flexibility index (Phi) is 6.16. The molecule has 1 amide bonds. The molecule has 1 aliphatic carbocycles. The van der Waals surface area contributed by atoms with Crippen molar-refractivity contribution in [3.63, 3.8) is 0 Å². The van der Waals surface area contributed by atoms with Gasteiger partial charge in [0.05, 0.1) is 13.5 Å². The lowest BCUT2D eigenvalue weighted by molar-refractivity contribution is -0.143. The van der Waals surface area contributed by atoms with Crippen LogP contribution >= 0.6 is 0 Å². The van der Waals surface area contributed by atoms with Crippen molar-refractivity contribution in [2.45, 2.75) is 58.4 Å². The van der Waals surface area contributed by atoms with Crippen LogP contribution < -0.4 is 0 Å². The Hall–Kier alpha value is -1.06. The fourth-order valence-corrected chi connectivity index (χ4v) is 2.51. The fraction of sp³-hybridized carbons (Fsp3) is 0.857. The minimum Gasteiger partial charge on any atom is -0.469 e. The smallest absolute Gasteiger partial charge is 0.307 e. The number of amides is 1. The monoisotopic (exact) mass is 255 g/mol. The van der Waals surface area contributed by atoms with Crippen LogP contribution in [0.2, 0.25) is 0 Å². The maximum absolute atomic E-state index is 12.2. The van der Waals surface area contributed by atoms with Crippen molar-refractivity contribution in [2.75, 3.05) is 13.7 Å². The minimum absolute atomic E-state index is 0.00965. The number of methoxy groups -OCH3 is 1. The van der Waals surface area contributed by atoms with E-state index in [1.165, 1.54) is 26.4 Å². The maximum atomic E-state index is 12.2. The number of carbonyl (C=O) groups excluding carboxylic acids is 2. The fourth-order valence-electron chi connectivity index (χ4n) is 2.51. The number of esters is 1. The van der Waals surface area contributed by atoms with Gasteiger partial charge in [0, 0.05) is 18.5 Å². The van der Waals surface area contributed by atoms with Crippen molar-refractivity contribution in [1.82, 2.24) is 4.90 Å². The van der Waals surface area contributed by atoms with Crippen molar-refractivity contribution in [2.24, 2.45) is 5.92 Å². The molecule has 0 aromatic rings. The number of carbonyl (C=O) groups is 2. The minimum atomic E-state index is -0.243. The normalized spacial score (nSPS) is 16.7. The first-order valence-corrected chi connectivity index (χ1v) is 6.93. The number of rotatable bonds is 5. The maximum Gasteiger partial charge on any atom is 0.307 e. The Bertz CT molecular complexity index is 283. The highest BCUT2D eigenvalue weighted by molar-refractivity contribution is 5.79. The molecule has 0 aromatic carbocycles. The molecule has 0 unspecified atom stereocenters. The van der Waals surface area contributed by atoms with Gasteiger partial charge in [-0.3, -0.25) is 9.59 Å². The summed E-state index contributed by atoms with van der Waals surface area (Å²) >= 11 is 0. The third-order valence-electron chi connectivity index (χ3n) is 3.58. The van der Waals surface area contributed by atoms with E-state index in [-0.39, 0.29) is 17.8 Å². The van der Waals surface area contributed by atoms with Crippen LogP contribution in [0, 0.1) is 5.92 Å². The van der Waals surface area contributed by atoms with Gasteiger partial charge in [0.2, 0.25) is 5.91 Å². The zero-order chi connectivity index (χ0) is 13.5. The summed E-state index contributed by atoms with van der Waals surface area (Å²) in [6.07, 6.45) is 6.07. The molecule has 1 saturated carbocycles. The molecule has 0 aliphatic heterocycles. The molecule has 4 heteroatoms. The molecule has 1 fully saturated rings. The van der Waals surface area contributed by atoms with E-state index in [2.05, 4.69) is 4.74 Å². The van der Waals surface area contributed by atoms with Crippen LogP contribution in [0.1, 0.15) is 52.4 Å². The first-order valence-electron chi connectivity index (χ1n) is 6.93. The molecular weight excluding hydrogens is 230 g/mol. The van der Waals surface area contributed by atoms with E-state index >= 15 is 0 Å². The topological polar surface area (TPSA) is 46.6 Å².